The van der Waals surface area contributed by atoms with E-state index in [0.717, 1.165) is 43.8 Å². The van der Waals surface area contributed by atoms with Crippen LogP contribution in [-0.4, -0.2) is 34.9 Å². The van der Waals surface area contributed by atoms with Crippen molar-refractivity contribution in [2.45, 2.75) is 0 Å². The van der Waals surface area contributed by atoms with Crippen LogP contribution in [0.4, 0.5) is 0 Å². The molecule has 0 amide bonds. The molecule has 0 spiro atoms. The van der Waals surface area contributed by atoms with Gasteiger partial charge in [0, 0.05) is 63.8 Å². The Hall–Kier alpha value is -5.14. The van der Waals surface area contributed by atoms with Crippen LogP contribution in [-0.2, 0) is 19.5 Å². The molecular weight excluding hydrogens is 599 g/mol. The molecule has 195 valence electrons. The summed E-state index contributed by atoms with van der Waals surface area (Å²) < 4.78 is 0. The maximum Gasteiger partial charge on any atom is 0.163 e. The van der Waals surface area contributed by atoms with Crippen LogP contribution in [0.25, 0.3) is 89.7 Å². The second kappa shape index (κ2) is 8.94. The number of aromatic nitrogens is 8. The number of nitrogens with zero attached hydrogens (tertiary/aromatic N) is 7. The fraction of sp³-hybridized carbons (Fsp3) is 0. The van der Waals surface area contributed by atoms with Gasteiger partial charge in [-0.2, -0.15) is 0 Å². The largest absolute Gasteiger partial charge is 0.357 e. The van der Waals surface area contributed by atoms with Gasteiger partial charge >= 0.3 is 0 Å². The molecule has 9 heteroatoms. The van der Waals surface area contributed by atoms with Crippen molar-refractivity contribution in [3.63, 3.8) is 0 Å². The molecule has 8 bridgehead atoms. The molecule has 0 unspecified atom stereocenters. The van der Waals surface area contributed by atoms with Crippen LogP contribution in [0.3, 0.4) is 0 Å². The average Bonchev–Trinajstić information content (AvgIpc) is 3.73. The van der Waals surface area contributed by atoms with Gasteiger partial charge in [0.2, 0.25) is 0 Å². The Balaban J connectivity index is 0.00000256. The monoisotopic (exact) mass is 616 g/mol. The quantitative estimate of drug-likeness (QED) is 0.194. The molecule has 41 heavy (non-hydrogen) atoms. The predicted octanol–water partition coefficient (Wildman–Crippen LogP) is 6.50. The molecule has 8 nitrogen and oxygen atoms in total. The molecule has 7 aromatic rings. The van der Waals surface area contributed by atoms with E-state index in [2.05, 4.69) is 4.98 Å². The van der Waals surface area contributed by atoms with Crippen molar-refractivity contribution in [3.05, 3.63) is 97.1 Å². The molecule has 0 saturated carbocycles. The van der Waals surface area contributed by atoms with Crippen molar-refractivity contribution in [3.8, 4) is 45.6 Å². The van der Waals surface area contributed by atoms with Gasteiger partial charge in [0.25, 0.3) is 0 Å². The van der Waals surface area contributed by atoms with Crippen molar-refractivity contribution in [1.82, 2.24) is 39.9 Å². The number of nitrogens with one attached hydrogen (secondary N) is 1. The molecule has 1 radical (unpaired) electrons. The van der Waals surface area contributed by atoms with Crippen molar-refractivity contribution in [2.75, 3.05) is 0 Å². The van der Waals surface area contributed by atoms with Crippen molar-refractivity contribution >= 4 is 44.1 Å². The molecule has 3 aromatic heterocycles. The predicted molar refractivity (Wildman–Crippen MR) is 155 cm³/mol. The van der Waals surface area contributed by atoms with E-state index in [1.807, 2.05) is 97.1 Å². The van der Waals surface area contributed by atoms with E-state index >= 15 is 0 Å². The summed E-state index contributed by atoms with van der Waals surface area (Å²) in [6, 6.07) is 32.0. The Morgan fingerprint density at radius 1 is 0.390 bits per heavy atom. The van der Waals surface area contributed by atoms with E-state index in [4.69, 9.17) is 34.9 Å². The summed E-state index contributed by atoms with van der Waals surface area (Å²) >= 11 is 0. The minimum absolute atomic E-state index is 0. The topological polar surface area (TPSA) is 107 Å². The Morgan fingerprint density at radius 3 is 1.15 bits per heavy atom. The summed E-state index contributed by atoms with van der Waals surface area (Å²) in [5.41, 5.74) is 6.11. The van der Waals surface area contributed by atoms with Gasteiger partial charge in [-0.15, -0.1) is 0 Å². The number of H-pyrrole nitrogens is 1. The van der Waals surface area contributed by atoms with Crippen LogP contribution >= 0.6 is 0 Å². The normalized spacial score (nSPS) is 11.7. The van der Waals surface area contributed by atoms with E-state index < -0.39 is 0 Å². The summed E-state index contributed by atoms with van der Waals surface area (Å²) in [6.45, 7) is 0. The third kappa shape index (κ3) is 3.56. The molecule has 0 atom stereocenters. The van der Waals surface area contributed by atoms with Gasteiger partial charge in [-0.05, 0) is 10.8 Å². The number of aromatic amines is 1. The van der Waals surface area contributed by atoms with Gasteiger partial charge in [0.15, 0.2) is 11.6 Å². The zero-order valence-corrected chi connectivity index (χ0v) is 22.8. The Kier molecular flexibility index (Phi) is 5.17. The van der Waals surface area contributed by atoms with Crippen molar-refractivity contribution in [2.24, 2.45) is 0 Å². The van der Waals surface area contributed by atoms with Crippen LogP contribution in [0.15, 0.2) is 97.1 Å². The minimum atomic E-state index is 0. The fourth-order valence-corrected chi connectivity index (χ4v) is 5.52. The summed E-state index contributed by atoms with van der Waals surface area (Å²) in [6.07, 6.45) is 0. The second-order valence-electron chi connectivity index (χ2n) is 9.73. The van der Waals surface area contributed by atoms with Crippen LogP contribution in [0.1, 0.15) is 0 Å². The molecule has 2 aliphatic rings. The van der Waals surface area contributed by atoms with Gasteiger partial charge in [-0.3, -0.25) is 0 Å². The first kappa shape index (κ1) is 23.7. The smallest absolute Gasteiger partial charge is 0.163 e. The maximum atomic E-state index is 5.00. The van der Waals surface area contributed by atoms with Gasteiger partial charge < -0.3 is 19.9 Å². The molecular formula is C32H17N8Rh-. The van der Waals surface area contributed by atoms with Crippen LogP contribution < -0.4 is 4.98 Å². The van der Waals surface area contributed by atoms with Gasteiger partial charge in [-0.25, -0.2) is 19.9 Å². The molecule has 5 heterocycles. The zero-order valence-electron chi connectivity index (χ0n) is 21.2. The summed E-state index contributed by atoms with van der Waals surface area (Å²) in [5, 5.41) is 3.70. The number of benzene rings is 4. The first-order chi connectivity index (χ1) is 19.8. The molecule has 0 fully saturated rings. The third-order valence-corrected chi connectivity index (χ3v) is 7.40. The molecule has 0 aliphatic carbocycles. The first-order valence-electron chi connectivity index (χ1n) is 12.9. The first-order valence-corrected chi connectivity index (χ1v) is 12.9. The summed E-state index contributed by atoms with van der Waals surface area (Å²) in [7, 11) is 0. The summed E-state index contributed by atoms with van der Waals surface area (Å²) in [5.74, 6) is 2.30. The SMILES string of the molecule is [Rh].c1ccc2c(c1)-c1nc-2nc2[nH]c(nc3nc(nc4[n-]c(n1)c1ccccc41)-c1ccccc1-3)c1ccccc21. The Labute approximate surface area is 245 Å². The van der Waals surface area contributed by atoms with Crippen LogP contribution in [0.2, 0.25) is 0 Å². The Bertz CT molecular complexity index is 2030. The molecule has 2 aliphatic heterocycles. The van der Waals surface area contributed by atoms with E-state index in [1.165, 1.54) is 0 Å². The number of hydrogen-bond donors (Lipinski definition) is 1. The third-order valence-electron chi connectivity index (χ3n) is 7.40. The van der Waals surface area contributed by atoms with E-state index in [9.17, 15) is 0 Å². The maximum absolute atomic E-state index is 5.00. The van der Waals surface area contributed by atoms with E-state index in [-0.39, 0.29) is 19.5 Å². The van der Waals surface area contributed by atoms with Crippen molar-refractivity contribution in [1.29, 1.82) is 0 Å². The molecule has 0 saturated heterocycles. The number of rotatable bonds is 0. The van der Waals surface area contributed by atoms with Crippen LogP contribution in [0, 0.1) is 0 Å². The van der Waals surface area contributed by atoms with Gasteiger partial charge in [0.1, 0.15) is 11.3 Å². The van der Waals surface area contributed by atoms with E-state index in [1.54, 1.807) is 0 Å². The average molecular weight is 616 g/mol. The van der Waals surface area contributed by atoms with Gasteiger partial charge in [-0.1, -0.05) is 97.1 Å². The van der Waals surface area contributed by atoms with Gasteiger partial charge in [0.05, 0.1) is 11.6 Å². The van der Waals surface area contributed by atoms with Crippen LogP contribution in [0.5, 0.6) is 0 Å². The van der Waals surface area contributed by atoms with Crippen molar-refractivity contribution < 1.29 is 19.5 Å². The Morgan fingerprint density at radius 2 is 0.732 bits per heavy atom. The van der Waals surface area contributed by atoms with E-state index in [0.29, 0.717) is 45.9 Å². The number of hydrogen-bond acceptors (Lipinski definition) is 6. The molecule has 4 aromatic carbocycles. The minimum Gasteiger partial charge on any atom is -0.357 e. The fourth-order valence-electron chi connectivity index (χ4n) is 5.52. The number of fused-ring (bicyclic) bond motifs is 20. The standard InChI is InChI=1S/C32H17N8.Rh/c1-2-10-18-17(9-1)25-33-26(18)38-28-21-13-5-6-14-22(21)30(35-28)40-32-24-16-8-7-15-23(24)31(36-32)39-29-20-12-4-3-11-19(20)27(34-29)37-25;/h1-16H,(H-,33,34,35,36,37,38,39,40);/q-1;. The zero-order chi connectivity index (χ0) is 26.2. The molecule has 9 rings (SSSR count). The second-order valence-corrected chi connectivity index (χ2v) is 9.73. The summed E-state index contributed by atoms with van der Waals surface area (Å²) in [4.78, 5) is 38.0. The molecule has 1 N–H and O–H groups in total.